The van der Waals surface area contributed by atoms with Crippen LogP contribution in [-0.4, -0.2) is 50.6 Å². The van der Waals surface area contributed by atoms with Gasteiger partial charge in [-0.3, -0.25) is 0 Å². The number of unbranched alkanes of at least 4 members (excludes halogenated alkanes) is 2. The quantitative estimate of drug-likeness (QED) is 0.0390. The van der Waals surface area contributed by atoms with E-state index in [0.717, 1.165) is 62.5 Å². The van der Waals surface area contributed by atoms with E-state index in [1.165, 1.54) is 11.1 Å². The lowest BCUT2D eigenvalue weighted by Crippen LogP contribution is -2.31. The van der Waals surface area contributed by atoms with Crippen molar-refractivity contribution in [3.05, 3.63) is 139 Å². The average Bonchev–Trinajstić information content (AvgIpc) is 3.18. The summed E-state index contributed by atoms with van der Waals surface area (Å²) < 4.78 is 37.7. The Balaban J connectivity index is 1.31. The largest absolute Gasteiger partial charge is 0.490 e. The topological polar surface area (TPSA) is 89.5 Å². The summed E-state index contributed by atoms with van der Waals surface area (Å²) in [6.45, 7) is 15.6. The molecule has 4 aromatic rings. The van der Waals surface area contributed by atoms with E-state index in [4.69, 9.17) is 28.4 Å². The minimum absolute atomic E-state index is 0.117. The predicted octanol–water partition coefficient (Wildman–Crippen LogP) is 11.1. The minimum atomic E-state index is -0.637. The van der Waals surface area contributed by atoms with Crippen LogP contribution in [0.1, 0.15) is 75.6 Å². The molecule has 0 N–H and O–H groups in total. The molecule has 0 bridgehead atoms. The molecule has 8 nitrogen and oxygen atoms in total. The van der Waals surface area contributed by atoms with Gasteiger partial charge in [0, 0.05) is 18.3 Å². The highest BCUT2D eigenvalue weighted by molar-refractivity contribution is 14.1. The van der Waals surface area contributed by atoms with E-state index in [1.54, 1.807) is 13.8 Å². The Morgan fingerprint density at radius 3 is 1.26 bits per heavy atom. The summed E-state index contributed by atoms with van der Waals surface area (Å²) in [4.78, 5) is 24.8. The molecule has 0 saturated heterocycles. The molecule has 0 aromatic heterocycles. The molecule has 10 heteroatoms. The highest BCUT2D eigenvalue weighted by Gasteiger charge is 2.19. The number of aryl methyl sites for hydroxylation is 2. The van der Waals surface area contributed by atoms with Crippen LogP contribution in [0.2, 0.25) is 0 Å². The van der Waals surface area contributed by atoms with Gasteiger partial charge in [-0.1, -0.05) is 70.2 Å². The van der Waals surface area contributed by atoms with Gasteiger partial charge in [0.1, 0.15) is 49.4 Å². The Morgan fingerprint density at radius 2 is 0.895 bits per heavy atom. The number of hydrogen-bond acceptors (Lipinski definition) is 8. The number of carbonyl (C=O) groups is 2. The molecule has 2 atom stereocenters. The molecule has 0 heterocycles. The SMILES string of the molecule is C=C(C)C(=O)OC(COc1ccc(Cc2ccc(OCC(COc3cc(CCCC)cc(CCCC)c3)OC(=O)C(=C)C)cc2)cc1)COc1cc(I)cc(I)c1. The second kappa shape index (κ2) is 24.0. The van der Waals surface area contributed by atoms with Crippen molar-refractivity contribution in [2.75, 3.05) is 26.4 Å². The zero-order valence-electron chi connectivity index (χ0n) is 33.5. The van der Waals surface area contributed by atoms with E-state index in [0.29, 0.717) is 34.8 Å². The Kier molecular flexibility index (Phi) is 19.2. The van der Waals surface area contributed by atoms with Crippen LogP contribution in [0.4, 0.5) is 0 Å². The summed E-state index contributed by atoms with van der Waals surface area (Å²) in [6, 6.07) is 28.0. The normalized spacial score (nSPS) is 11.9. The van der Waals surface area contributed by atoms with E-state index in [-0.39, 0.29) is 26.4 Å². The Morgan fingerprint density at radius 1 is 0.526 bits per heavy atom. The highest BCUT2D eigenvalue weighted by atomic mass is 127. The van der Waals surface area contributed by atoms with E-state index < -0.39 is 24.1 Å². The fraction of sp³-hybridized carbons (Fsp3) is 0.362. The molecule has 0 aliphatic heterocycles. The maximum Gasteiger partial charge on any atom is 0.333 e. The van der Waals surface area contributed by atoms with Gasteiger partial charge in [0.25, 0.3) is 0 Å². The van der Waals surface area contributed by atoms with Crippen LogP contribution in [0, 0.1) is 7.14 Å². The van der Waals surface area contributed by atoms with Crippen LogP contribution >= 0.6 is 45.2 Å². The summed E-state index contributed by atoms with van der Waals surface area (Å²) >= 11 is 4.48. The second-order valence-electron chi connectivity index (χ2n) is 14.1. The van der Waals surface area contributed by atoms with Crippen molar-refractivity contribution in [3.8, 4) is 23.0 Å². The van der Waals surface area contributed by atoms with Crippen LogP contribution < -0.4 is 18.9 Å². The molecule has 4 aromatic carbocycles. The molecule has 0 amide bonds. The van der Waals surface area contributed by atoms with Gasteiger partial charge in [-0.05, 0) is 168 Å². The Labute approximate surface area is 365 Å². The summed E-state index contributed by atoms with van der Waals surface area (Å²) in [7, 11) is 0. The first-order valence-electron chi connectivity index (χ1n) is 19.4. The molecule has 0 spiro atoms. The maximum absolute atomic E-state index is 12.5. The molecule has 57 heavy (non-hydrogen) atoms. The number of hydrogen-bond donors (Lipinski definition) is 0. The number of esters is 2. The smallest absolute Gasteiger partial charge is 0.333 e. The molecular formula is C47H54I2O8. The molecule has 0 aliphatic carbocycles. The maximum atomic E-state index is 12.5. The monoisotopic (exact) mass is 1000 g/mol. The highest BCUT2D eigenvalue weighted by Crippen LogP contribution is 2.24. The zero-order valence-corrected chi connectivity index (χ0v) is 37.8. The van der Waals surface area contributed by atoms with Gasteiger partial charge in [-0.2, -0.15) is 0 Å². The van der Waals surface area contributed by atoms with Crippen molar-refractivity contribution < 1.29 is 38.0 Å². The summed E-state index contributed by atoms with van der Waals surface area (Å²) in [6.07, 6.45) is 5.92. The van der Waals surface area contributed by atoms with Crippen molar-refractivity contribution in [1.29, 1.82) is 0 Å². The van der Waals surface area contributed by atoms with Crippen molar-refractivity contribution in [3.63, 3.8) is 0 Å². The molecule has 4 rings (SSSR count). The number of carbonyl (C=O) groups excluding carboxylic acids is 2. The lowest BCUT2D eigenvalue weighted by Gasteiger charge is -2.20. The van der Waals surface area contributed by atoms with Crippen molar-refractivity contribution >= 4 is 57.1 Å². The number of halogens is 2. The third kappa shape index (κ3) is 16.8. The lowest BCUT2D eigenvalue weighted by atomic mass is 10.0. The molecule has 0 radical (unpaired) electrons. The molecule has 2 unspecified atom stereocenters. The number of ether oxygens (including phenoxy) is 6. The first kappa shape index (κ1) is 45.7. The van der Waals surface area contributed by atoms with Crippen LogP contribution in [-0.2, 0) is 38.3 Å². The van der Waals surface area contributed by atoms with E-state index in [1.807, 2.05) is 66.7 Å². The molecule has 0 aliphatic rings. The van der Waals surface area contributed by atoms with Crippen molar-refractivity contribution in [1.82, 2.24) is 0 Å². The third-order valence-electron chi connectivity index (χ3n) is 8.74. The second-order valence-corrected chi connectivity index (χ2v) is 16.6. The third-order valence-corrected chi connectivity index (χ3v) is 9.99. The van der Waals surface area contributed by atoms with Gasteiger partial charge in [0.15, 0.2) is 12.2 Å². The Hall–Kier alpha value is -4.04. The average molecular weight is 1000 g/mol. The van der Waals surface area contributed by atoms with E-state index >= 15 is 0 Å². The fourth-order valence-corrected chi connectivity index (χ4v) is 7.49. The van der Waals surface area contributed by atoms with Crippen molar-refractivity contribution in [2.45, 2.75) is 84.8 Å². The predicted molar refractivity (Wildman–Crippen MR) is 243 cm³/mol. The van der Waals surface area contributed by atoms with Crippen LogP contribution in [0.3, 0.4) is 0 Å². The van der Waals surface area contributed by atoms with Crippen LogP contribution in [0.5, 0.6) is 23.0 Å². The van der Waals surface area contributed by atoms with Crippen LogP contribution in [0.25, 0.3) is 0 Å². The van der Waals surface area contributed by atoms with Gasteiger partial charge < -0.3 is 28.4 Å². The van der Waals surface area contributed by atoms with Gasteiger partial charge in [-0.25, -0.2) is 9.59 Å². The fourth-order valence-electron chi connectivity index (χ4n) is 5.61. The van der Waals surface area contributed by atoms with E-state index in [2.05, 4.69) is 90.4 Å². The molecule has 0 fully saturated rings. The lowest BCUT2D eigenvalue weighted by molar-refractivity contribution is -0.148. The number of rotatable bonds is 24. The standard InChI is InChI=1S/C47H54I2O8/c1-7-9-11-36-22-37(12-10-8-2)24-42(23-36)54-30-44(56-46(50)32(3)4)28-52-40-17-13-34(14-18-40)21-35-15-19-41(20-16-35)53-29-45(57-47(51)33(5)6)31-55-43-26-38(48)25-39(49)27-43/h13-20,22-27,44-45H,3,5,7-12,21,28-31H2,1-2,4,6H3. The van der Waals surface area contributed by atoms with Gasteiger partial charge in [0.05, 0.1) is 0 Å². The van der Waals surface area contributed by atoms with E-state index in [9.17, 15) is 9.59 Å². The van der Waals surface area contributed by atoms with Gasteiger partial charge in [-0.15, -0.1) is 0 Å². The minimum Gasteiger partial charge on any atom is -0.490 e. The first-order chi connectivity index (χ1) is 27.4. The molecule has 304 valence electrons. The zero-order chi connectivity index (χ0) is 41.2. The van der Waals surface area contributed by atoms with Crippen LogP contribution in [0.15, 0.2) is 109 Å². The van der Waals surface area contributed by atoms with Gasteiger partial charge in [0.2, 0.25) is 0 Å². The Bertz CT molecular complexity index is 1880. The summed E-state index contributed by atoms with van der Waals surface area (Å²) in [5, 5.41) is 0. The van der Waals surface area contributed by atoms with Crippen molar-refractivity contribution in [2.24, 2.45) is 0 Å². The summed E-state index contributed by atoms with van der Waals surface area (Å²) in [5.41, 5.74) is 5.34. The number of benzene rings is 4. The molecule has 0 saturated carbocycles. The summed E-state index contributed by atoms with van der Waals surface area (Å²) in [5.74, 6) is 1.81. The molecular weight excluding hydrogens is 946 g/mol. The van der Waals surface area contributed by atoms with Gasteiger partial charge >= 0.3 is 11.9 Å². The first-order valence-corrected chi connectivity index (χ1v) is 21.6.